The van der Waals surface area contributed by atoms with Crippen LogP contribution >= 0.6 is 0 Å². The van der Waals surface area contributed by atoms with Gasteiger partial charge in [-0.3, -0.25) is 16.0 Å². The molecule has 0 fully saturated rings. The Morgan fingerprint density at radius 2 is 2.05 bits per heavy atom. The number of nitrogens with one attached hydrogen (secondary N) is 1. The minimum atomic E-state index is 0.310. The summed E-state index contributed by atoms with van der Waals surface area (Å²) in [7, 11) is 2.00. The fraction of sp³-hybridized carbons (Fsp3) is 0.562. The number of benzene rings is 1. The van der Waals surface area contributed by atoms with Crippen LogP contribution in [0.1, 0.15) is 44.7 Å². The quantitative estimate of drug-likeness (QED) is 0.442. The number of hydrazine groups is 1. The Morgan fingerprint density at radius 3 is 2.80 bits per heavy atom. The largest absolute Gasteiger partial charge is 0.271 e. The second-order valence-electron chi connectivity index (χ2n) is 5.50. The molecule has 2 rings (SSSR count). The number of aromatic nitrogens is 2. The topological polar surface area (TPSA) is 55.9 Å². The van der Waals surface area contributed by atoms with Crippen LogP contribution in [0.3, 0.4) is 0 Å². The number of rotatable bonds is 8. The van der Waals surface area contributed by atoms with Gasteiger partial charge in [-0.25, -0.2) is 0 Å². The average molecular weight is 274 g/mol. The van der Waals surface area contributed by atoms with E-state index in [1.165, 1.54) is 36.6 Å². The summed E-state index contributed by atoms with van der Waals surface area (Å²) >= 11 is 0. The number of aryl methyl sites for hydroxylation is 1. The van der Waals surface area contributed by atoms with Crippen LogP contribution in [0.15, 0.2) is 24.3 Å². The van der Waals surface area contributed by atoms with Gasteiger partial charge >= 0.3 is 0 Å². The molecule has 110 valence electrons. The molecule has 0 radical (unpaired) electrons. The molecule has 1 aromatic carbocycles. The van der Waals surface area contributed by atoms with E-state index in [0.29, 0.717) is 6.04 Å². The van der Waals surface area contributed by atoms with Crippen LogP contribution in [0.25, 0.3) is 10.9 Å². The summed E-state index contributed by atoms with van der Waals surface area (Å²) in [4.78, 5) is 0. The smallest absolute Gasteiger partial charge is 0.0719 e. The van der Waals surface area contributed by atoms with E-state index < -0.39 is 0 Å². The standard InChI is InChI=1S/C16H26N4/c1-3-4-5-6-9-13(18-17)12-15-14-10-7-8-11-16(14)20(2)19-15/h7-8,10-11,13,18H,3-6,9,12,17H2,1-2H3. The van der Waals surface area contributed by atoms with Crippen molar-refractivity contribution in [3.63, 3.8) is 0 Å². The minimum absolute atomic E-state index is 0.310. The highest BCUT2D eigenvalue weighted by atomic mass is 15.3. The number of nitrogens with two attached hydrogens (primary N) is 1. The predicted molar refractivity (Wildman–Crippen MR) is 84.3 cm³/mol. The lowest BCUT2D eigenvalue weighted by Crippen LogP contribution is -2.36. The summed E-state index contributed by atoms with van der Waals surface area (Å²) in [6, 6.07) is 8.68. The van der Waals surface area contributed by atoms with E-state index in [2.05, 4.69) is 41.7 Å². The Morgan fingerprint density at radius 1 is 1.25 bits per heavy atom. The molecular weight excluding hydrogens is 248 g/mol. The third kappa shape index (κ3) is 3.58. The zero-order valence-corrected chi connectivity index (χ0v) is 12.6. The Kier molecular flexibility index (Phi) is 5.56. The number of hydrogen-bond donors (Lipinski definition) is 2. The van der Waals surface area contributed by atoms with Crippen molar-refractivity contribution in [2.75, 3.05) is 0 Å². The lowest BCUT2D eigenvalue weighted by molar-refractivity contribution is 0.459. The molecular formula is C16H26N4. The maximum absolute atomic E-state index is 5.70. The van der Waals surface area contributed by atoms with Crippen molar-refractivity contribution in [2.45, 2.75) is 51.5 Å². The van der Waals surface area contributed by atoms with Crippen molar-refractivity contribution < 1.29 is 0 Å². The lowest BCUT2D eigenvalue weighted by atomic mass is 10.0. The molecule has 0 spiro atoms. The molecule has 2 aromatic rings. The van der Waals surface area contributed by atoms with Gasteiger partial charge in [0.05, 0.1) is 11.2 Å². The van der Waals surface area contributed by atoms with Gasteiger partial charge in [0, 0.05) is 24.9 Å². The molecule has 1 atom stereocenters. The number of para-hydroxylation sites is 1. The fourth-order valence-corrected chi connectivity index (χ4v) is 2.73. The van der Waals surface area contributed by atoms with Crippen LogP contribution in [0.2, 0.25) is 0 Å². The van der Waals surface area contributed by atoms with Gasteiger partial charge in [-0.2, -0.15) is 5.10 Å². The van der Waals surface area contributed by atoms with E-state index >= 15 is 0 Å². The van der Waals surface area contributed by atoms with Crippen molar-refractivity contribution in [3.05, 3.63) is 30.0 Å². The van der Waals surface area contributed by atoms with Crippen molar-refractivity contribution in [2.24, 2.45) is 12.9 Å². The highest BCUT2D eigenvalue weighted by molar-refractivity contribution is 5.81. The van der Waals surface area contributed by atoms with Gasteiger partial charge in [-0.1, -0.05) is 50.8 Å². The molecule has 1 aromatic heterocycles. The van der Waals surface area contributed by atoms with E-state index in [1.54, 1.807) is 0 Å². The van der Waals surface area contributed by atoms with E-state index in [1.807, 2.05) is 11.7 Å². The van der Waals surface area contributed by atoms with Gasteiger partial charge < -0.3 is 0 Å². The summed E-state index contributed by atoms with van der Waals surface area (Å²) in [5, 5.41) is 5.88. The normalized spacial score (nSPS) is 12.9. The second kappa shape index (κ2) is 7.41. The van der Waals surface area contributed by atoms with Gasteiger partial charge in [0.25, 0.3) is 0 Å². The number of hydrogen-bond acceptors (Lipinski definition) is 3. The van der Waals surface area contributed by atoms with Crippen LogP contribution in [0, 0.1) is 0 Å². The fourth-order valence-electron chi connectivity index (χ4n) is 2.73. The molecule has 1 heterocycles. The molecule has 3 N–H and O–H groups in total. The third-order valence-electron chi connectivity index (χ3n) is 3.92. The Hall–Kier alpha value is -1.39. The maximum atomic E-state index is 5.70. The first kappa shape index (κ1) is 15.0. The molecule has 20 heavy (non-hydrogen) atoms. The summed E-state index contributed by atoms with van der Waals surface area (Å²) in [5.74, 6) is 5.70. The highest BCUT2D eigenvalue weighted by Crippen LogP contribution is 2.19. The molecule has 0 aliphatic carbocycles. The van der Waals surface area contributed by atoms with Crippen molar-refractivity contribution in [1.29, 1.82) is 0 Å². The second-order valence-corrected chi connectivity index (χ2v) is 5.50. The average Bonchev–Trinajstić information content (AvgIpc) is 2.79. The van der Waals surface area contributed by atoms with Gasteiger partial charge in [-0.15, -0.1) is 0 Å². The Balaban J connectivity index is 2.02. The number of fused-ring (bicyclic) bond motifs is 1. The van der Waals surface area contributed by atoms with E-state index in [4.69, 9.17) is 5.84 Å². The maximum Gasteiger partial charge on any atom is 0.0719 e. The summed E-state index contributed by atoms with van der Waals surface area (Å²) in [5.41, 5.74) is 5.28. The third-order valence-corrected chi connectivity index (χ3v) is 3.92. The molecule has 0 aliphatic heterocycles. The van der Waals surface area contributed by atoms with E-state index in [0.717, 1.165) is 18.5 Å². The van der Waals surface area contributed by atoms with Crippen LogP contribution in [-0.2, 0) is 13.5 Å². The Labute approximate surface area is 121 Å². The lowest BCUT2D eigenvalue weighted by Gasteiger charge is -2.14. The predicted octanol–water partition coefficient (Wildman–Crippen LogP) is 2.92. The molecule has 0 bridgehead atoms. The van der Waals surface area contributed by atoms with E-state index in [-0.39, 0.29) is 0 Å². The van der Waals surface area contributed by atoms with Crippen molar-refractivity contribution in [3.8, 4) is 0 Å². The highest BCUT2D eigenvalue weighted by Gasteiger charge is 2.13. The molecule has 0 amide bonds. The number of nitrogens with zero attached hydrogens (tertiary/aromatic N) is 2. The van der Waals surface area contributed by atoms with Gasteiger partial charge in [0.1, 0.15) is 0 Å². The zero-order valence-electron chi connectivity index (χ0n) is 12.6. The minimum Gasteiger partial charge on any atom is -0.271 e. The summed E-state index contributed by atoms with van der Waals surface area (Å²) < 4.78 is 1.95. The van der Waals surface area contributed by atoms with Gasteiger partial charge in [0.2, 0.25) is 0 Å². The molecule has 1 unspecified atom stereocenters. The summed E-state index contributed by atoms with van der Waals surface area (Å²) in [6.45, 7) is 2.23. The van der Waals surface area contributed by atoms with Crippen molar-refractivity contribution >= 4 is 10.9 Å². The summed E-state index contributed by atoms with van der Waals surface area (Å²) in [6.07, 6.45) is 7.10. The molecule has 0 aliphatic rings. The monoisotopic (exact) mass is 274 g/mol. The Bertz CT molecular complexity index is 532. The van der Waals surface area contributed by atoms with Gasteiger partial charge in [-0.05, 0) is 12.5 Å². The van der Waals surface area contributed by atoms with Crippen LogP contribution in [0.4, 0.5) is 0 Å². The molecule has 4 heteroatoms. The van der Waals surface area contributed by atoms with Crippen LogP contribution in [0.5, 0.6) is 0 Å². The van der Waals surface area contributed by atoms with Crippen molar-refractivity contribution in [1.82, 2.24) is 15.2 Å². The first-order valence-electron chi connectivity index (χ1n) is 7.63. The van der Waals surface area contributed by atoms with Crippen LogP contribution in [-0.4, -0.2) is 15.8 Å². The molecule has 0 saturated heterocycles. The first-order valence-corrected chi connectivity index (χ1v) is 7.63. The van der Waals surface area contributed by atoms with Gasteiger partial charge in [0.15, 0.2) is 0 Å². The SMILES string of the molecule is CCCCCCC(Cc1nn(C)c2ccccc12)NN. The molecule has 4 nitrogen and oxygen atoms in total. The number of unbranched alkanes of at least 4 members (excludes halogenated alkanes) is 3. The van der Waals surface area contributed by atoms with Crippen LogP contribution < -0.4 is 11.3 Å². The molecule has 0 saturated carbocycles. The zero-order chi connectivity index (χ0) is 14.4. The van der Waals surface area contributed by atoms with E-state index in [9.17, 15) is 0 Å². The first-order chi connectivity index (χ1) is 9.76.